The van der Waals surface area contributed by atoms with Crippen molar-refractivity contribution in [2.75, 3.05) is 0 Å². The van der Waals surface area contributed by atoms with E-state index in [0.717, 1.165) is 0 Å². The topological polar surface area (TPSA) is 66.2 Å². The molecule has 1 heterocycles. The molecule has 1 aromatic heterocycles. The van der Waals surface area contributed by atoms with Gasteiger partial charge in [0.25, 0.3) is 0 Å². The number of hydrogen-bond donors (Lipinski definition) is 2. The fourth-order valence-corrected chi connectivity index (χ4v) is 0.253. The van der Waals surface area contributed by atoms with Crippen LogP contribution in [0.1, 0.15) is 0 Å². The first kappa shape index (κ1) is 8.06. The van der Waals surface area contributed by atoms with E-state index in [1.807, 2.05) is 0 Å². The van der Waals surface area contributed by atoms with E-state index in [1.165, 1.54) is 6.33 Å². The second-order valence-corrected chi connectivity index (χ2v) is 1.02. The molecule has 0 fully saturated rings. The summed E-state index contributed by atoms with van der Waals surface area (Å²) in [4.78, 5) is 7.35. The van der Waals surface area contributed by atoms with Crippen LogP contribution in [0.2, 0.25) is 0 Å². The summed E-state index contributed by atoms with van der Waals surface area (Å²) in [6.07, 6.45) is 4.88. The van der Waals surface area contributed by atoms with Gasteiger partial charge in [0.15, 0.2) is 0 Å². The van der Waals surface area contributed by atoms with Crippen LogP contribution in [0, 0.1) is 0 Å². The highest BCUT2D eigenvalue weighted by Gasteiger charge is 1.59. The Kier molecular flexibility index (Phi) is 6.33. The summed E-state index contributed by atoms with van der Waals surface area (Å²) in [5.41, 5.74) is 0. The second-order valence-electron chi connectivity index (χ2n) is 1.02. The SMILES string of the molecule is O[B]O.c1cncnc1. The zero-order valence-corrected chi connectivity index (χ0v) is 4.68. The highest BCUT2D eigenvalue weighted by atomic mass is 16.4. The smallest absolute Gasteiger partial charge is 0.429 e. The third-order valence-corrected chi connectivity index (χ3v) is 0.478. The molecule has 0 unspecified atom stereocenters. The molecule has 0 saturated carbocycles. The van der Waals surface area contributed by atoms with Crippen molar-refractivity contribution < 1.29 is 10.0 Å². The van der Waals surface area contributed by atoms with Gasteiger partial charge in [-0.25, -0.2) is 9.97 Å². The van der Waals surface area contributed by atoms with Gasteiger partial charge in [-0.15, -0.1) is 0 Å². The van der Waals surface area contributed by atoms with Crippen LogP contribution >= 0.6 is 0 Å². The van der Waals surface area contributed by atoms with Gasteiger partial charge in [0.05, 0.1) is 0 Å². The van der Waals surface area contributed by atoms with Crippen LogP contribution in [-0.2, 0) is 0 Å². The number of nitrogens with zero attached hydrogens (tertiary/aromatic N) is 2. The Morgan fingerprint density at radius 2 is 1.56 bits per heavy atom. The van der Waals surface area contributed by atoms with Crippen LogP contribution in [0.5, 0.6) is 0 Å². The Morgan fingerprint density at radius 3 is 1.67 bits per heavy atom. The Morgan fingerprint density at radius 1 is 1.11 bits per heavy atom. The minimum absolute atomic E-state index is 0. The Balaban J connectivity index is 0.000000187. The lowest BCUT2D eigenvalue weighted by Gasteiger charge is -1.70. The first-order valence-electron chi connectivity index (χ1n) is 2.22. The van der Waals surface area contributed by atoms with Gasteiger partial charge in [0.2, 0.25) is 0 Å². The molecule has 0 atom stereocenters. The molecule has 0 saturated heterocycles. The van der Waals surface area contributed by atoms with Gasteiger partial charge in [0.1, 0.15) is 6.33 Å². The number of hydrogen-bond acceptors (Lipinski definition) is 4. The zero-order valence-electron chi connectivity index (χ0n) is 4.68. The largest absolute Gasteiger partial charge is 0.482 e. The van der Waals surface area contributed by atoms with E-state index in [-0.39, 0.29) is 7.69 Å². The van der Waals surface area contributed by atoms with Gasteiger partial charge in [-0.1, -0.05) is 0 Å². The molecule has 5 heteroatoms. The first-order valence-corrected chi connectivity index (χ1v) is 2.22. The lowest BCUT2D eigenvalue weighted by atomic mass is 10.5. The highest BCUT2D eigenvalue weighted by Crippen LogP contribution is 1.66. The van der Waals surface area contributed by atoms with Gasteiger partial charge in [-0.05, 0) is 6.07 Å². The van der Waals surface area contributed by atoms with Crippen LogP contribution < -0.4 is 0 Å². The third kappa shape index (κ3) is 7.06. The Labute approximate surface area is 53.5 Å². The van der Waals surface area contributed by atoms with Crippen molar-refractivity contribution in [1.82, 2.24) is 9.97 Å². The molecule has 2 N–H and O–H groups in total. The van der Waals surface area contributed by atoms with E-state index >= 15 is 0 Å². The highest BCUT2D eigenvalue weighted by molar-refractivity contribution is 6.13. The van der Waals surface area contributed by atoms with Crippen molar-refractivity contribution in [3.05, 3.63) is 24.8 Å². The van der Waals surface area contributed by atoms with Crippen LogP contribution in [0.15, 0.2) is 24.8 Å². The summed E-state index contributed by atoms with van der Waals surface area (Å²) in [5.74, 6) is 0. The van der Waals surface area contributed by atoms with E-state index in [1.54, 1.807) is 18.5 Å². The minimum Gasteiger partial charge on any atom is -0.429 e. The van der Waals surface area contributed by atoms with Crippen molar-refractivity contribution in [2.24, 2.45) is 0 Å². The number of rotatable bonds is 0. The van der Waals surface area contributed by atoms with E-state index in [4.69, 9.17) is 10.0 Å². The molecule has 4 nitrogen and oxygen atoms in total. The second kappa shape index (κ2) is 7.06. The molecule has 47 valence electrons. The van der Waals surface area contributed by atoms with Crippen LogP contribution in [0.4, 0.5) is 0 Å². The zero-order chi connectivity index (χ0) is 6.95. The molecule has 0 bridgehead atoms. The molecule has 0 aromatic carbocycles. The predicted octanol–water partition coefficient (Wildman–Crippen LogP) is -1.02. The fraction of sp³-hybridized carbons (Fsp3) is 0. The van der Waals surface area contributed by atoms with Crippen LogP contribution in [-0.4, -0.2) is 27.7 Å². The molecule has 0 aliphatic heterocycles. The molecule has 0 spiro atoms. The maximum absolute atomic E-state index is 7.00. The Bertz CT molecular complexity index is 99.4. The van der Waals surface area contributed by atoms with Crippen LogP contribution in [0.3, 0.4) is 0 Å². The van der Waals surface area contributed by atoms with Gasteiger partial charge < -0.3 is 10.0 Å². The van der Waals surface area contributed by atoms with Crippen molar-refractivity contribution in [1.29, 1.82) is 0 Å². The summed E-state index contributed by atoms with van der Waals surface area (Å²) < 4.78 is 0. The quantitative estimate of drug-likeness (QED) is 0.435. The molecule has 0 amide bonds. The minimum atomic E-state index is 0. The fourth-order valence-electron chi connectivity index (χ4n) is 0.253. The predicted molar refractivity (Wildman–Crippen MR) is 32.2 cm³/mol. The van der Waals surface area contributed by atoms with E-state index in [9.17, 15) is 0 Å². The summed E-state index contributed by atoms with van der Waals surface area (Å²) in [7, 11) is 0. The lowest BCUT2D eigenvalue weighted by molar-refractivity contribution is 0.448. The normalized spacial score (nSPS) is 6.89. The van der Waals surface area contributed by atoms with E-state index in [0.29, 0.717) is 0 Å². The average molecular weight is 125 g/mol. The van der Waals surface area contributed by atoms with Gasteiger partial charge in [-0.2, -0.15) is 0 Å². The molecule has 1 rings (SSSR count). The summed E-state index contributed by atoms with van der Waals surface area (Å²) in [6, 6.07) is 1.78. The molecular weight excluding hydrogens is 119 g/mol. The molecule has 0 aliphatic carbocycles. The lowest BCUT2D eigenvalue weighted by Crippen LogP contribution is -1.75. The van der Waals surface area contributed by atoms with E-state index < -0.39 is 0 Å². The van der Waals surface area contributed by atoms with Gasteiger partial charge in [-0.3, -0.25) is 0 Å². The Hall–Kier alpha value is -0.935. The maximum Gasteiger partial charge on any atom is 0.482 e. The molecule has 0 aliphatic rings. The van der Waals surface area contributed by atoms with Crippen molar-refractivity contribution >= 4 is 7.69 Å². The van der Waals surface area contributed by atoms with Crippen molar-refractivity contribution in [3.8, 4) is 0 Å². The van der Waals surface area contributed by atoms with Gasteiger partial charge >= 0.3 is 7.69 Å². The molecule has 1 radical (unpaired) electrons. The maximum atomic E-state index is 7.00. The molecule has 9 heavy (non-hydrogen) atoms. The molecule has 1 aromatic rings. The standard InChI is InChI=1S/C4H4N2.BH2O2/c1-2-5-4-6-3-1;2-1-3/h1-4H;2-3H. The summed E-state index contributed by atoms with van der Waals surface area (Å²) in [5, 5.41) is 14.0. The third-order valence-electron chi connectivity index (χ3n) is 0.478. The van der Waals surface area contributed by atoms with E-state index in [2.05, 4.69) is 9.97 Å². The summed E-state index contributed by atoms with van der Waals surface area (Å²) >= 11 is 0. The van der Waals surface area contributed by atoms with Crippen molar-refractivity contribution in [2.45, 2.75) is 0 Å². The first-order chi connectivity index (χ1) is 4.41. The monoisotopic (exact) mass is 125 g/mol. The summed E-state index contributed by atoms with van der Waals surface area (Å²) in [6.45, 7) is 0. The van der Waals surface area contributed by atoms with Crippen LogP contribution in [0.25, 0.3) is 0 Å². The molecular formula is C4H6BN2O2. The van der Waals surface area contributed by atoms with Crippen molar-refractivity contribution in [3.63, 3.8) is 0 Å². The van der Waals surface area contributed by atoms with Gasteiger partial charge in [0, 0.05) is 12.4 Å². The average Bonchev–Trinajstić information content (AvgIpc) is 1.93. The number of aromatic nitrogens is 2.